The third kappa shape index (κ3) is 2.22. The molecule has 22 heavy (non-hydrogen) atoms. The van der Waals surface area contributed by atoms with Gasteiger partial charge in [0.05, 0.1) is 0 Å². The van der Waals surface area contributed by atoms with Gasteiger partial charge >= 0.3 is 0 Å². The van der Waals surface area contributed by atoms with Crippen molar-refractivity contribution in [2.45, 2.75) is 24.8 Å². The number of fused-ring (bicyclic) bond motifs is 2. The molecular weight excluding hydrogens is 288 g/mol. The molecule has 1 saturated heterocycles. The summed E-state index contributed by atoms with van der Waals surface area (Å²) in [5, 5.41) is 1.51. The van der Waals surface area contributed by atoms with Gasteiger partial charge in [0.1, 0.15) is 0 Å². The molecule has 1 aromatic carbocycles. The molecule has 116 valence electrons. The molecular formula is C19H24N2S. The van der Waals surface area contributed by atoms with Gasteiger partial charge in [0.2, 0.25) is 0 Å². The highest BCUT2D eigenvalue weighted by Crippen LogP contribution is 2.45. The van der Waals surface area contributed by atoms with Crippen molar-refractivity contribution in [3.05, 3.63) is 48.2 Å². The quantitative estimate of drug-likeness (QED) is 0.859. The number of likely N-dealkylation sites (tertiary alicyclic amines) is 1. The number of hydrogen-bond acceptors (Lipinski definition) is 2. The fraction of sp³-hybridized carbons (Fsp3) is 0.474. The topological polar surface area (TPSA) is 19.0 Å². The molecule has 1 N–H and O–H groups in total. The number of aromatic amines is 1. The Morgan fingerprint density at radius 1 is 1.45 bits per heavy atom. The minimum atomic E-state index is 0.644. The maximum atomic E-state index is 3.98. The van der Waals surface area contributed by atoms with Crippen molar-refractivity contribution in [3.63, 3.8) is 0 Å². The Balaban J connectivity index is 1.77. The minimum absolute atomic E-state index is 0.644. The van der Waals surface area contributed by atoms with Crippen LogP contribution in [-0.4, -0.2) is 41.0 Å². The Hall–Kier alpha value is -1.19. The Bertz CT molecular complexity index is 690. The van der Waals surface area contributed by atoms with Crippen LogP contribution >= 0.6 is 11.8 Å². The molecule has 0 spiro atoms. The largest absolute Gasteiger partial charge is 0.361 e. The van der Waals surface area contributed by atoms with E-state index in [2.05, 4.69) is 53.2 Å². The van der Waals surface area contributed by atoms with E-state index in [4.69, 9.17) is 0 Å². The molecule has 1 fully saturated rings. The maximum absolute atomic E-state index is 3.98. The van der Waals surface area contributed by atoms with Gasteiger partial charge in [-0.25, -0.2) is 0 Å². The molecule has 2 aromatic rings. The molecule has 0 bridgehead atoms. The van der Waals surface area contributed by atoms with Crippen LogP contribution in [0, 0.1) is 5.92 Å². The van der Waals surface area contributed by atoms with E-state index < -0.39 is 0 Å². The second kappa shape index (κ2) is 5.78. The highest BCUT2D eigenvalue weighted by Gasteiger charge is 2.40. The van der Waals surface area contributed by atoms with Gasteiger partial charge in [0.15, 0.2) is 0 Å². The van der Waals surface area contributed by atoms with Crippen molar-refractivity contribution in [1.29, 1.82) is 0 Å². The molecule has 1 unspecified atom stereocenters. The summed E-state index contributed by atoms with van der Waals surface area (Å²) < 4.78 is 0. The molecule has 0 amide bonds. The number of piperidine rings is 1. The van der Waals surface area contributed by atoms with Crippen molar-refractivity contribution < 1.29 is 0 Å². The number of rotatable bonds is 4. The van der Waals surface area contributed by atoms with Gasteiger partial charge in [-0.1, -0.05) is 18.2 Å². The van der Waals surface area contributed by atoms with E-state index in [-0.39, 0.29) is 0 Å². The van der Waals surface area contributed by atoms with E-state index in [0.717, 1.165) is 12.5 Å². The second-order valence-electron chi connectivity index (χ2n) is 6.76. The van der Waals surface area contributed by atoms with Crippen LogP contribution in [0.25, 0.3) is 10.9 Å². The fourth-order valence-corrected chi connectivity index (χ4v) is 5.34. The molecule has 2 nitrogen and oxygen atoms in total. The van der Waals surface area contributed by atoms with Crippen LogP contribution in [0.3, 0.4) is 0 Å². The number of hydrogen-bond donors (Lipinski definition) is 1. The number of thioether (sulfide) groups is 1. The summed E-state index contributed by atoms with van der Waals surface area (Å²) >= 11 is 1.99. The first-order valence-corrected chi connectivity index (χ1v) is 9.64. The van der Waals surface area contributed by atoms with Crippen molar-refractivity contribution in [3.8, 4) is 0 Å². The Kier molecular flexibility index (Phi) is 3.79. The first kappa shape index (κ1) is 14.4. The lowest BCUT2D eigenvalue weighted by Crippen LogP contribution is -2.50. The summed E-state index contributed by atoms with van der Waals surface area (Å²) in [6, 6.07) is 7.44. The third-order valence-electron chi connectivity index (χ3n) is 5.43. The van der Waals surface area contributed by atoms with Crippen LogP contribution in [0.15, 0.2) is 37.1 Å². The number of nitrogens with zero attached hydrogens (tertiary/aromatic N) is 1. The molecule has 1 aliphatic carbocycles. The van der Waals surface area contributed by atoms with Gasteiger partial charge in [-0.15, -0.1) is 6.58 Å². The average Bonchev–Trinajstić information content (AvgIpc) is 2.94. The number of H-pyrrole nitrogens is 1. The van der Waals surface area contributed by atoms with Gasteiger partial charge in [0, 0.05) is 42.1 Å². The highest BCUT2D eigenvalue weighted by atomic mass is 32.2. The predicted octanol–water partition coefficient (Wildman–Crippen LogP) is 4.05. The first-order chi connectivity index (χ1) is 10.8. The maximum Gasteiger partial charge on any atom is 0.0459 e. The lowest BCUT2D eigenvalue weighted by Gasteiger charge is -2.47. The molecule has 2 aliphatic rings. The summed E-state index contributed by atoms with van der Waals surface area (Å²) in [5.41, 5.74) is 4.39. The summed E-state index contributed by atoms with van der Waals surface area (Å²) in [5.74, 6) is 2.75. The minimum Gasteiger partial charge on any atom is -0.361 e. The monoisotopic (exact) mass is 312 g/mol. The first-order valence-electron chi connectivity index (χ1n) is 8.24. The Morgan fingerprint density at radius 3 is 3.18 bits per heavy atom. The van der Waals surface area contributed by atoms with E-state index in [0.29, 0.717) is 12.0 Å². The normalized spacial score (nSPS) is 27.8. The molecule has 3 atom stereocenters. The molecule has 1 aromatic heterocycles. The molecule has 3 heteroatoms. The van der Waals surface area contributed by atoms with E-state index in [1.54, 1.807) is 5.56 Å². The number of benzene rings is 1. The van der Waals surface area contributed by atoms with Gasteiger partial charge in [-0.05, 0) is 48.0 Å². The standard InChI is InChI=1S/C19H24N2S/c1-3-7-21-11-13(12-22-2)8-16-15-5-4-6-17-19(15)14(10-20-17)9-18(16)21/h3-6,10,13,16,18,20H,1,7-9,11-12H2,2H3/t13?,16-,18-/m0/s1. The van der Waals surface area contributed by atoms with Crippen LogP contribution < -0.4 is 0 Å². The zero-order valence-electron chi connectivity index (χ0n) is 13.2. The number of aromatic nitrogens is 1. The van der Waals surface area contributed by atoms with Crippen LogP contribution in [-0.2, 0) is 6.42 Å². The molecule has 4 rings (SSSR count). The van der Waals surface area contributed by atoms with Crippen LogP contribution in [0.5, 0.6) is 0 Å². The molecule has 2 heterocycles. The zero-order chi connectivity index (χ0) is 15.1. The van der Waals surface area contributed by atoms with E-state index in [1.165, 1.54) is 41.6 Å². The predicted molar refractivity (Wildman–Crippen MR) is 96.8 cm³/mol. The van der Waals surface area contributed by atoms with Gasteiger partial charge in [-0.3, -0.25) is 4.90 Å². The summed E-state index contributed by atoms with van der Waals surface area (Å²) in [4.78, 5) is 6.15. The summed E-state index contributed by atoms with van der Waals surface area (Å²) in [7, 11) is 0. The fourth-order valence-electron chi connectivity index (χ4n) is 4.63. The highest BCUT2D eigenvalue weighted by molar-refractivity contribution is 7.98. The lowest BCUT2D eigenvalue weighted by molar-refractivity contribution is 0.105. The van der Waals surface area contributed by atoms with Crippen LogP contribution in [0.4, 0.5) is 0 Å². The van der Waals surface area contributed by atoms with Crippen molar-refractivity contribution >= 4 is 22.7 Å². The Labute approximate surface area is 137 Å². The number of nitrogens with one attached hydrogen (secondary N) is 1. The average molecular weight is 312 g/mol. The Morgan fingerprint density at radius 2 is 2.36 bits per heavy atom. The van der Waals surface area contributed by atoms with E-state index in [9.17, 15) is 0 Å². The zero-order valence-corrected chi connectivity index (χ0v) is 14.0. The molecule has 0 saturated carbocycles. The van der Waals surface area contributed by atoms with E-state index in [1.807, 2.05) is 11.8 Å². The van der Waals surface area contributed by atoms with Gasteiger partial charge in [0.25, 0.3) is 0 Å². The van der Waals surface area contributed by atoms with Crippen LogP contribution in [0.1, 0.15) is 23.5 Å². The van der Waals surface area contributed by atoms with E-state index >= 15 is 0 Å². The van der Waals surface area contributed by atoms with Crippen molar-refractivity contribution in [2.75, 3.05) is 25.1 Å². The smallest absolute Gasteiger partial charge is 0.0459 e. The SMILES string of the molecule is C=CCN1CC(CSC)C[C@H]2c3cccc4[nH]cc(c34)C[C@@H]21. The summed E-state index contributed by atoms with van der Waals surface area (Å²) in [6.07, 6.45) is 9.05. The lowest BCUT2D eigenvalue weighted by atomic mass is 9.72. The van der Waals surface area contributed by atoms with Gasteiger partial charge in [-0.2, -0.15) is 11.8 Å². The second-order valence-corrected chi connectivity index (χ2v) is 7.67. The van der Waals surface area contributed by atoms with Gasteiger partial charge < -0.3 is 4.98 Å². The summed E-state index contributed by atoms with van der Waals surface area (Å²) in [6.45, 7) is 6.22. The third-order valence-corrected chi connectivity index (χ3v) is 6.23. The van der Waals surface area contributed by atoms with Crippen LogP contribution in [0.2, 0.25) is 0 Å². The van der Waals surface area contributed by atoms with Crippen molar-refractivity contribution in [1.82, 2.24) is 9.88 Å². The molecule has 0 radical (unpaired) electrons. The molecule has 1 aliphatic heterocycles. The van der Waals surface area contributed by atoms with Crippen molar-refractivity contribution in [2.24, 2.45) is 5.92 Å².